The summed E-state index contributed by atoms with van der Waals surface area (Å²) in [6.45, 7) is 1.60. The third kappa shape index (κ3) is 4.15. The van der Waals surface area contributed by atoms with Crippen molar-refractivity contribution in [2.45, 2.75) is 31.7 Å². The largest absolute Gasteiger partial charge is 0.341 e. The van der Waals surface area contributed by atoms with E-state index < -0.39 is 34.7 Å². The minimum absolute atomic E-state index is 0. The van der Waals surface area contributed by atoms with Crippen molar-refractivity contribution in [1.29, 1.82) is 0 Å². The van der Waals surface area contributed by atoms with Gasteiger partial charge in [-0.15, -0.1) is 12.4 Å². The summed E-state index contributed by atoms with van der Waals surface area (Å²) in [7, 11) is 0. The van der Waals surface area contributed by atoms with Crippen LogP contribution in [0.3, 0.4) is 0 Å². The first-order chi connectivity index (χ1) is 11.5. The number of nitrogens with one attached hydrogen (secondary N) is 1. The smallest absolute Gasteiger partial charge is 0.239 e. The molecule has 2 saturated heterocycles. The second-order valence-corrected chi connectivity index (χ2v) is 6.36. The van der Waals surface area contributed by atoms with Crippen LogP contribution < -0.4 is 5.32 Å². The molecule has 1 aromatic carbocycles. The van der Waals surface area contributed by atoms with Crippen molar-refractivity contribution in [3.05, 3.63) is 35.1 Å². The Morgan fingerprint density at radius 2 is 1.64 bits per heavy atom. The van der Waals surface area contributed by atoms with Crippen LogP contribution in [0.5, 0.6) is 0 Å². The average molecular weight is 377 g/mol. The van der Waals surface area contributed by atoms with Gasteiger partial charge in [0.25, 0.3) is 0 Å². The van der Waals surface area contributed by atoms with Gasteiger partial charge in [0.1, 0.15) is 17.5 Å². The minimum Gasteiger partial charge on any atom is -0.341 e. The number of halogens is 4. The number of nitrogens with zero attached hydrogens (tertiary/aromatic N) is 1. The molecule has 2 fully saturated rings. The molecule has 0 saturated carbocycles. The first-order valence-corrected chi connectivity index (χ1v) is 8.18. The Hall–Kier alpha value is -1.60. The lowest BCUT2D eigenvalue weighted by Crippen LogP contribution is -2.47. The van der Waals surface area contributed by atoms with E-state index >= 15 is 0 Å². The number of amides is 1. The van der Waals surface area contributed by atoms with Gasteiger partial charge in [0, 0.05) is 31.1 Å². The third-order valence-electron chi connectivity index (χ3n) is 4.79. The summed E-state index contributed by atoms with van der Waals surface area (Å²) < 4.78 is 40.5. The van der Waals surface area contributed by atoms with Gasteiger partial charge in [-0.05, 0) is 32.2 Å². The van der Waals surface area contributed by atoms with Crippen molar-refractivity contribution in [2.75, 3.05) is 19.6 Å². The van der Waals surface area contributed by atoms with Crippen LogP contribution >= 0.6 is 12.4 Å². The molecule has 1 N–H and O–H groups in total. The highest BCUT2D eigenvalue weighted by atomic mass is 35.5. The van der Waals surface area contributed by atoms with Crippen LogP contribution in [0.2, 0.25) is 0 Å². The average Bonchev–Trinajstić information content (AvgIpc) is 3.07. The van der Waals surface area contributed by atoms with Crippen LogP contribution in [0.4, 0.5) is 13.2 Å². The predicted molar refractivity (Wildman–Crippen MR) is 88.2 cm³/mol. The number of piperidine rings is 1. The van der Waals surface area contributed by atoms with Crippen molar-refractivity contribution >= 4 is 24.1 Å². The van der Waals surface area contributed by atoms with Crippen LogP contribution in [0.15, 0.2) is 12.1 Å². The van der Waals surface area contributed by atoms with Gasteiger partial charge in [-0.3, -0.25) is 9.59 Å². The molecule has 0 aliphatic carbocycles. The van der Waals surface area contributed by atoms with Gasteiger partial charge in [-0.1, -0.05) is 0 Å². The molecule has 0 bridgehead atoms. The molecule has 1 aromatic rings. The van der Waals surface area contributed by atoms with E-state index in [4.69, 9.17) is 0 Å². The van der Waals surface area contributed by atoms with E-state index in [1.54, 1.807) is 4.90 Å². The SMILES string of the molecule is Cl.O=C(c1c(F)cc(F)cc1F)C1CCN(C(=O)C2CCCN2)CC1. The van der Waals surface area contributed by atoms with E-state index in [1.165, 1.54) is 0 Å². The summed E-state index contributed by atoms with van der Waals surface area (Å²) in [5.41, 5.74) is -0.682. The molecule has 2 aliphatic heterocycles. The molecule has 3 rings (SSSR count). The number of carbonyl (C=O) groups excluding carboxylic acids is 2. The van der Waals surface area contributed by atoms with Crippen molar-refractivity contribution in [3.63, 3.8) is 0 Å². The van der Waals surface area contributed by atoms with E-state index in [1.807, 2.05) is 0 Å². The Kier molecular flexibility index (Phi) is 6.46. The minimum atomic E-state index is -1.17. The topological polar surface area (TPSA) is 49.4 Å². The number of hydrogen-bond acceptors (Lipinski definition) is 3. The molecule has 0 radical (unpaired) electrons. The van der Waals surface area contributed by atoms with Gasteiger partial charge in [0.05, 0.1) is 11.6 Å². The summed E-state index contributed by atoms with van der Waals surface area (Å²) in [5, 5.41) is 3.14. The Bertz CT molecular complexity index is 634. The molecule has 1 atom stereocenters. The van der Waals surface area contributed by atoms with Crippen LogP contribution in [-0.2, 0) is 4.79 Å². The molecule has 0 spiro atoms. The summed E-state index contributed by atoms with van der Waals surface area (Å²) in [4.78, 5) is 26.4. The molecule has 25 heavy (non-hydrogen) atoms. The summed E-state index contributed by atoms with van der Waals surface area (Å²) >= 11 is 0. The lowest BCUT2D eigenvalue weighted by molar-refractivity contribution is -0.134. The number of rotatable bonds is 3. The Labute approximate surface area is 150 Å². The van der Waals surface area contributed by atoms with E-state index in [0.29, 0.717) is 38.1 Å². The van der Waals surface area contributed by atoms with Gasteiger partial charge in [0.15, 0.2) is 5.78 Å². The Morgan fingerprint density at radius 3 is 2.16 bits per heavy atom. The molecule has 138 valence electrons. The third-order valence-corrected chi connectivity index (χ3v) is 4.79. The van der Waals surface area contributed by atoms with Crippen LogP contribution in [-0.4, -0.2) is 42.3 Å². The first-order valence-electron chi connectivity index (χ1n) is 8.18. The fraction of sp³-hybridized carbons (Fsp3) is 0.529. The fourth-order valence-electron chi connectivity index (χ4n) is 3.46. The summed E-state index contributed by atoms with van der Waals surface area (Å²) in [5.74, 6) is -4.59. The molecule has 8 heteroatoms. The molecule has 2 aliphatic rings. The van der Waals surface area contributed by atoms with Gasteiger partial charge >= 0.3 is 0 Å². The standard InChI is InChI=1S/C17H19F3N2O2.ClH/c18-11-8-12(19)15(13(20)9-11)16(23)10-3-6-22(7-4-10)17(24)14-2-1-5-21-14;/h8-10,14,21H,1-7H2;1H. The lowest BCUT2D eigenvalue weighted by Gasteiger charge is -2.33. The van der Waals surface area contributed by atoms with Crippen molar-refractivity contribution in [2.24, 2.45) is 5.92 Å². The van der Waals surface area contributed by atoms with E-state index in [2.05, 4.69) is 5.32 Å². The van der Waals surface area contributed by atoms with Gasteiger partial charge < -0.3 is 10.2 Å². The van der Waals surface area contributed by atoms with E-state index in [9.17, 15) is 22.8 Å². The number of carbonyl (C=O) groups is 2. The zero-order valence-corrected chi connectivity index (χ0v) is 14.4. The number of Topliss-reactive ketones (excluding diaryl/α,β-unsaturated/α-hetero) is 1. The Balaban J connectivity index is 0.00000225. The lowest BCUT2D eigenvalue weighted by atomic mass is 9.88. The molecular formula is C17H20ClF3N2O2. The highest BCUT2D eigenvalue weighted by molar-refractivity contribution is 5.98. The molecule has 2 heterocycles. The van der Waals surface area contributed by atoms with Crippen LogP contribution in [0.1, 0.15) is 36.0 Å². The van der Waals surface area contributed by atoms with Crippen molar-refractivity contribution < 1.29 is 22.8 Å². The highest BCUT2D eigenvalue weighted by Crippen LogP contribution is 2.26. The monoisotopic (exact) mass is 376 g/mol. The number of benzene rings is 1. The maximum absolute atomic E-state index is 13.8. The number of hydrogen-bond donors (Lipinski definition) is 1. The Morgan fingerprint density at radius 1 is 1.04 bits per heavy atom. The van der Waals surface area contributed by atoms with Crippen LogP contribution in [0.25, 0.3) is 0 Å². The summed E-state index contributed by atoms with van der Waals surface area (Å²) in [6.07, 6.45) is 2.49. The fourth-order valence-corrected chi connectivity index (χ4v) is 3.46. The quantitative estimate of drug-likeness (QED) is 0.825. The maximum atomic E-state index is 13.8. The van der Waals surface area contributed by atoms with E-state index in [0.717, 1.165) is 19.4 Å². The second kappa shape index (κ2) is 8.19. The first kappa shape index (κ1) is 19.7. The zero-order chi connectivity index (χ0) is 17.3. The van der Waals surface area contributed by atoms with Gasteiger partial charge in [0.2, 0.25) is 5.91 Å². The normalized spacial score (nSPS) is 21.1. The van der Waals surface area contributed by atoms with E-state index in [-0.39, 0.29) is 24.4 Å². The zero-order valence-electron chi connectivity index (χ0n) is 13.6. The molecule has 1 unspecified atom stereocenters. The predicted octanol–water partition coefficient (Wildman–Crippen LogP) is 2.70. The highest BCUT2D eigenvalue weighted by Gasteiger charge is 2.33. The van der Waals surface area contributed by atoms with Crippen molar-refractivity contribution in [3.8, 4) is 0 Å². The van der Waals surface area contributed by atoms with Crippen LogP contribution in [0, 0.1) is 23.4 Å². The summed E-state index contributed by atoms with van der Waals surface area (Å²) in [6, 6.07) is 0.866. The molecule has 4 nitrogen and oxygen atoms in total. The van der Waals surface area contributed by atoms with Gasteiger partial charge in [-0.2, -0.15) is 0 Å². The van der Waals surface area contributed by atoms with Gasteiger partial charge in [-0.25, -0.2) is 13.2 Å². The molecule has 1 amide bonds. The van der Waals surface area contributed by atoms with Crippen molar-refractivity contribution in [1.82, 2.24) is 10.2 Å². The number of ketones is 1. The maximum Gasteiger partial charge on any atom is 0.239 e. The second-order valence-electron chi connectivity index (χ2n) is 6.36. The molecular weight excluding hydrogens is 357 g/mol. The number of likely N-dealkylation sites (tertiary alicyclic amines) is 1. The molecule has 0 aromatic heterocycles.